The fraction of sp³-hybridized carbons (Fsp3) is 0.391. The highest BCUT2D eigenvalue weighted by Crippen LogP contribution is 2.30. The molecule has 3 rings (SSSR count). The van der Waals surface area contributed by atoms with Crippen molar-refractivity contribution in [1.29, 1.82) is 0 Å². The fourth-order valence-electron chi connectivity index (χ4n) is 3.29. The first-order valence-electron chi connectivity index (χ1n) is 9.97. The molecule has 1 atom stereocenters. The number of nitrogens with zero attached hydrogens (tertiary/aromatic N) is 1. The Hall–Kier alpha value is -2.60. The summed E-state index contributed by atoms with van der Waals surface area (Å²) in [5.41, 5.74) is 2.62. The Morgan fingerprint density at radius 2 is 2.07 bits per heavy atom. The summed E-state index contributed by atoms with van der Waals surface area (Å²) < 4.78 is 11.5. The summed E-state index contributed by atoms with van der Waals surface area (Å²) in [6.07, 6.45) is 1.01. The highest BCUT2D eigenvalue weighted by atomic mass is 32.1. The van der Waals surface area contributed by atoms with Crippen molar-refractivity contribution < 1.29 is 13.9 Å². The minimum Gasteiger partial charge on any atom is -0.494 e. The van der Waals surface area contributed by atoms with Crippen molar-refractivity contribution >= 4 is 17.2 Å². The summed E-state index contributed by atoms with van der Waals surface area (Å²) in [6.45, 7) is 8.70. The molecule has 3 aromatic rings. The molecule has 5 nitrogen and oxygen atoms in total. The first-order valence-corrected chi connectivity index (χ1v) is 10.9. The number of benzene rings is 1. The molecule has 1 aromatic carbocycles. The lowest BCUT2D eigenvalue weighted by atomic mass is 9.96. The van der Waals surface area contributed by atoms with E-state index in [0.717, 1.165) is 23.3 Å². The minimum absolute atomic E-state index is 0.0739. The molecule has 0 aliphatic heterocycles. The van der Waals surface area contributed by atoms with Gasteiger partial charge in [-0.15, -0.1) is 0 Å². The molecule has 0 aliphatic carbocycles. The molecule has 0 spiro atoms. The molecule has 154 valence electrons. The average Bonchev–Trinajstić information content (AvgIpc) is 3.32. The van der Waals surface area contributed by atoms with Gasteiger partial charge in [-0.3, -0.25) is 4.79 Å². The fourth-order valence-corrected chi connectivity index (χ4v) is 3.92. The molecule has 6 heteroatoms. The number of para-hydroxylation sites is 1. The van der Waals surface area contributed by atoms with Crippen LogP contribution in [-0.4, -0.2) is 17.5 Å². The molecule has 0 aliphatic rings. The third kappa shape index (κ3) is 5.48. The Bertz CT molecular complexity index is 932. The number of hydrogen-bond acceptors (Lipinski definition) is 5. The largest absolute Gasteiger partial charge is 0.494 e. The normalized spacial score (nSPS) is 12.2. The zero-order valence-corrected chi connectivity index (χ0v) is 18.2. The van der Waals surface area contributed by atoms with Crippen molar-refractivity contribution in [1.82, 2.24) is 10.3 Å². The number of carbonyl (C=O) groups is 1. The molecule has 2 heterocycles. The van der Waals surface area contributed by atoms with Gasteiger partial charge in [-0.1, -0.05) is 32.0 Å². The van der Waals surface area contributed by atoms with Gasteiger partial charge in [-0.25, -0.2) is 4.98 Å². The van der Waals surface area contributed by atoms with Crippen LogP contribution in [-0.2, 0) is 11.2 Å². The van der Waals surface area contributed by atoms with Crippen LogP contribution in [0, 0.1) is 12.8 Å². The van der Waals surface area contributed by atoms with Crippen molar-refractivity contribution in [2.75, 3.05) is 6.61 Å². The second kappa shape index (κ2) is 9.74. The van der Waals surface area contributed by atoms with Gasteiger partial charge in [0.2, 0.25) is 11.8 Å². The smallest absolute Gasteiger partial charge is 0.227 e. The number of ether oxygens (including phenoxy) is 1. The monoisotopic (exact) mass is 412 g/mol. The number of amides is 1. The Balaban J connectivity index is 1.76. The molecular weight excluding hydrogens is 384 g/mol. The van der Waals surface area contributed by atoms with E-state index in [1.165, 1.54) is 0 Å². The molecule has 29 heavy (non-hydrogen) atoms. The summed E-state index contributed by atoms with van der Waals surface area (Å²) in [6, 6.07) is 9.75. The molecule has 0 radical (unpaired) electrons. The van der Waals surface area contributed by atoms with E-state index in [4.69, 9.17) is 9.15 Å². The Kier molecular flexibility index (Phi) is 7.09. The molecule has 0 unspecified atom stereocenters. The Labute approximate surface area is 176 Å². The molecular formula is C23H28N2O3S. The van der Waals surface area contributed by atoms with E-state index in [9.17, 15) is 4.79 Å². The predicted molar refractivity (Wildman–Crippen MR) is 116 cm³/mol. The van der Waals surface area contributed by atoms with E-state index < -0.39 is 0 Å². The van der Waals surface area contributed by atoms with Gasteiger partial charge < -0.3 is 14.5 Å². The van der Waals surface area contributed by atoms with Gasteiger partial charge in [-0.05, 0) is 43.7 Å². The van der Waals surface area contributed by atoms with Crippen LogP contribution in [0.25, 0.3) is 11.5 Å². The summed E-state index contributed by atoms with van der Waals surface area (Å²) in [7, 11) is 0. The number of thiophene rings is 1. The average molecular weight is 413 g/mol. The predicted octanol–water partition coefficient (Wildman–Crippen LogP) is 5.56. The summed E-state index contributed by atoms with van der Waals surface area (Å²) in [4.78, 5) is 17.4. The maximum absolute atomic E-state index is 12.9. The molecule has 0 bridgehead atoms. The zero-order valence-electron chi connectivity index (χ0n) is 17.4. The van der Waals surface area contributed by atoms with E-state index >= 15 is 0 Å². The number of oxazole rings is 1. The van der Waals surface area contributed by atoms with E-state index in [-0.39, 0.29) is 18.4 Å². The third-order valence-electron chi connectivity index (χ3n) is 4.63. The lowest BCUT2D eigenvalue weighted by Crippen LogP contribution is -2.31. The van der Waals surface area contributed by atoms with Crippen molar-refractivity contribution in [3.8, 4) is 17.2 Å². The summed E-state index contributed by atoms with van der Waals surface area (Å²) >= 11 is 1.59. The van der Waals surface area contributed by atoms with E-state index in [0.29, 0.717) is 29.9 Å². The van der Waals surface area contributed by atoms with Crippen molar-refractivity contribution in [2.45, 2.75) is 46.6 Å². The van der Waals surface area contributed by atoms with E-state index in [1.807, 2.05) is 54.9 Å². The maximum Gasteiger partial charge on any atom is 0.227 e. The van der Waals surface area contributed by atoms with Crippen molar-refractivity contribution in [3.63, 3.8) is 0 Å². The van der Waals surface area contributed by atoms with Crippen molar-refractivity contribution in [2.24, 2.45) is 5.92 Å². The highest BCUT2D eigenvalue weighted by molar-refractivity contribution is 7.08. The van der Waals surface area contributed by atoms with Crippen LogP contribution in [0.3, 0.4) is 0 Å². The highest BCUT2D eigenvalue weighted by Gasteiger charge is 2.22. The van der Waals surface area contributed by atoms with Gasteiger partial charge in [0, 0.05) is 16.5 Å². The molecule has 1 amide bonds. The van der Waals surface area contributed by atoms with Crippen LogP contribution in [0.1, 0.15) is 50.3 Å². The zero-order chi connectivity index (χ0) is 20.8. The molecule has 0 saturated carbocycles. The molecule has 0 saturated heterocycles. The number of carbonyl (C=O) groups excluding carboxylic acids is 1. The maximum atomic E-state index is 12.9. The SMILES string of the molecule is CCOc1ccccc1[C@@H](CC(C)C)NC(=O)Cc1nc(-c2ccsc2)oc1C. The molecule has 2 aromatic heterocycles. The standard InChI is InChI=1S/C23H28N2O3S/c1-5-27-21-9-7-6-8-18(21)20(12-15(2)3)24-22(26)13-19-16(4)28-23(25-19)17-10-11-29-14-17/h6-11,14-15,20H,5,12-13H2,1-4H3,(H,24,26)/t20-/m1/s1. The Morgan fingerprint density at radius 3 is 2.76 bits per heavy atom. The van der Waals surface area contributed by atoms with Crippen LogP contribution in [0.5, 0.6) is 5.75 Å². The van der Waals surface area contributed by atoms with Gasteiger partial charge >= 0.3 is 0 Å². The second-order valence-electron chi connectivity index (χ2n) is 7.43. The quantitative estimate of drug-likeness (QED) is 0.500. The number of hydrogen-bond donors (Lipinski definition) is 1. The first-order chi connectivity index (χ1) is 14.0. The lowest BCUT2D eigenvalue weighted by Gasteiger charge is -2.23. The van der Waals surface area contributed by atoms with Crippen LogP contribution in [0.15, 0.2) is 45.5 Å². The van der Waals surface area contributed by atoms with Crippen molar-refractivity contribution in [3.05, 3.63) is 58.1 Å². The summed E-state index contributed by atoms with van der Waals surface area (Å²) in [5, 5.41) is 7.15. The topological polar surface area (TPSA) is 64.4 Å². The van der Waals surface area contributed by atoms with Gasteiger partial charge in [0.15, 0.2) is 0 Å². The number of nitrogens with one attached hydrogen (secondary N) is 1. The number of rotatable bonds is 9. The third-order valence-corrected chi connectivity index (χ3v) is 5.31. The van der Waals surface area contributed by atoms with Gasteiger partial charge in [0.05, 0.1) is 24.8 Å². The van der Waals surface area contributed by atoms with Gasteiger partial charge in [0.25, 0.3) is 0 Å². The number of aromatic nitrogens is 1. The second-order valence-corrected chi connectivity index (χ2v) is 8.21. The number of aryl methyl sites for hydroxylation is 1. The van der Waals surface area contributed by atoms with Crippen LogP contribution >= 0.6 is 11.3 Å². The molecule has 1 N–H and O–H groups in total. The Morgan fingerprint density at radius 1 is 1.28 bits per heavy atom. The van der Waals surface area contributed by atoms with Crippen LogP contribution in [0.4, 0.5) is 0 Å². The van der Waals surface area contributed by atoms with Gasteiger partial charge in [0.1, 0.15) is 11.5 Å². The lowest BCUT2D eigenvalue weighted by molar-refractivity contribution is -0.121. The van der Waals surface area contributed by atoms with Crippen LogP contribution < -0.4 is 10.1 Å². The summed E-state index contributed by atoms with van der Waals surface area (Å²) in [5.74, 6) is 2.41. The van der Waals surface area contributed by atoms with E-state index in [1.54, 1.807) is 11.3 Å². The molecule has 0 fully saturated rings. The first kappa shape index (κ1) is 21.1. The minimum atomic E-state index is -0.117. The van der Waals surface area contributed by atoms with E-state index in [2.05, 4.69) is 24.1 Å². The van der Waals surface area contributed by atoms with Crippen LogP contribution in [0.2, 0.25) is 0 Å². The van der Waals surface area contributed by atoms with Gasteiger partial charge in [-0.2, -0.15) is 11.3 Å².